The number of anilines is 2. The van der Waals surface area contributed by atoms with Gasteiger partial charge in [-0.2, -0.15) is 0 Å². The van der Waals surface area contributed by atoms with Crippen molar-refractivity contribution in [1.29, 1.82) is 0 Å². The summed E-state index contributed by atoms with van der Waals surface area (Å²) in [6.07, 6.45) is 0. The number of nitrogens with zero attached hydrogens (tertiary/aromatic N) is 2. The summed E-state index contributed by atoms with van der Waals surface area (Å²) in [4.78, 5) is 28.3. The summed E-state index contributed by atoms with van der Waals surface area (Å²) < 4.78 is 69.9. The topological polar surface area (TPSA) is 78.7 Å². The number of amides is 3. The zero-order valence-electron chi connectivity index (χ0n) is 19.2. The number of halogens is 5. The highest BCUT2D eigenvalue weighted by Crippen LogP contribution is 2.37. The summed E-state index contributed by atoms with van der Waals surface area (Å²) in [6, 6.07) is 6.31. The van der Waals surface area contributed by atoms with E-state index in [-0.39, 0.29) is 22.5 Å². The number of benzene rings is 3. The fourth-order valence-corrected chi connectivity index (χ4v) is 4.04. The maximum Gasteiger partial charge on any atom is 0.325 e. The number of urea groups is 1. The molecule has 1 aliphatic heterocycles. The van der Waals surface area contributed by atoms with Crippen LogP contribution < -0.4 is 16.0 Å². The van der Waals surface area contributed by atoms with Gasteiger partial charge in [-0.15, -0.1) is 0 Å². The van der Waals surface area contributed by atoms with Gasteiger partial charge >= 0.3 is 6.03 Å². The molecule has 6 nitrogen and oxygen atoms in total. The van der Waals surface area contributed by atoms with Crippen LogP contribution in [0.5, 0.6) is 0 Å². The van der Waals surface area contributed by atoms with Crippen LogP contribution in [-0.4, -0.2) is 23.9 Å². The van der Waals surface area contributed by atoms with Crippen molar-refractivity contribution in [1.82, 2.24) is 10.2 Å². The molecule has 0 aliphatic carbocycles. The largest absolute Gasteiger partial charge is 0.399 e. The monoisotopic (exact) mass is 504 g/mol. The normalized spacial score (nSPS) is 15.2. The summed E-state index contributed by atoms with van der Waals surface area (Å²) >= 11 is 0. The molecular formula is C25H21F5N4O2. The Morgan fingerprint density at radius 2 is 1.53 bits per heavy atom. The molecule has 11 heteroatoms. The third-order valence-corrected chi connectivity index (χ3v) is 6.16. The third-order valence-electron chi connectivity index (χ3n) is 6.16. The average Bonchev–Trinajstić information content (AvgIpc) is 2.80. The van der Waals surface area contributed by atoms with Gasteiger partial charge in [0.15, 0.2) is 0 Å². The molecule has 3 amide bonds. The quantitative estimate of drug-likeness (QED) is 0.378. The number of nitrogens with two attached hydrogens (primary N) is 1. The fourth-order valence-electron chi connectivity index (χ4n) is 4.04. The highest BCUT2D eigenvalue weighted by molar-refractivity contribution is 5.99. The number of carbonyl (C=O) groups is 2. The highest BCUT2D eigenvalue weighted by atomic mass is 19.2. The average molecular weight is 504 g/mol. The van der Waals surface area contributed by atoms with Crippen molar-refractivity contribution in [3.05, 3.63) is 93.8 Å². The Morgan fingerprint density at radius 1 is 0.944 bits per heavy atom. The number of carbonyl (C=O) groups excluding carboxylic acids is 2. The first-order valence-corrected chi connectivity index (χ1v) is 10.8. The van der Waals surface area contributed by atoms with Gasteiger partial charge in [-0.3, -0.25) is 9.69 Å². The second-order valence-electron chi connectivity index (χ2n) is 8.42. The van der Waals surface area contributed by atoms with Crippen molar-refractivity contribution >= 4 is 23.3 Å². The summed E-state index contributed by atoms with van der Waals surface area (Å²) in [5, 5.41) is 2.35. The lowest BCUT2D eigenvalue weighted by Crippen LogP contribution is -2.47. The lowest BCUT2D eigenvalue weighted by atomic mass is 9.98. The van der Waals surface area contributed by atoms with Crippen LogP contribution in [0.25, 0.3) is 0 Å². The van der Waals surface area contributed by atoms with Gasteiger partial charge in [0.05, 0.1) is 18.3 Å². The zero-order chi connectivity index (χ0) is 26.3. The molecule has 3 aromatic carbocycles. The molecule has 1 heterocycles. The van der Waals surface area contributed by atoms with Crippen molar-refractivity contribution in [2.24, 2.45) is 0 Å². The van der Waals surface area contributed by atoms with Crippen molar-refractivity contribution in [3.8, 4) is 0 Å². The van der Waals surface area contributed by atoms with Crippen molar-refractivity contribution in [3.63, 3.8) is 0 Å². The molecule has 1 atom stereocenters. The SMILES string of the molecule is C[C@H]1c2ccc(C(=O)NCc3c(F)cc(F)cc3F)cc2N(Cc2c(F)cc(N)cc2F)C(=O)N1C. The molecule has 0 fully saturated rings. The van der Waals surface area contributed by atoms with Gasteiger partial charge in [-0.05, 0) is 36.8 Å². The van der Waals surface area contributed by atoms with Crippen molar-refractivity contribution in [2.45, 2.75) is 26.1 Å². The second-order valence-corrected chi connectivity index (χ2v) is 8.42. The van der Waals surface area contributed by atoms with Gasteiger partial charge in [0.1, 0.15) is 29.1 Å². The predicted molar refractivity (Wildman–Crippen MR) is 122 cm³/mol. The van der Waals surface area contributed by atoms with Crippen molar-refractivity contribution < 1.29 is 31.5 Å². The van der Waals surface area contributed by atoms with E-state index in [9.17, 15) is 31.5 Å². The van der Waals surface area contributed by atoms with Gasteiger partial charge in [0, 0.05) is 48.1 Å². The molecule has 0 bridgehead atoms. The molecule has 0 spiro atoms. The van der Waals surface area contributed by atoms with Crippen LogP contribution in [-0.2, 0) is 13.1 Å². The molecule has 0 saturated heterocycles. The number of nitrogen functional groups attached to an aromatic ring is 1. The molecule has 36 heavy (non-hydrogen) atoms. The van der Waals surface area contributed by atoms with E-state index < -0.39 is 65.7 Å². The molecular weight excluding hydrogens is 483 g/mol. The summed E-state index contributed by atoms with van der Waals surface area (Å²) in [5.74, 6) is -5.99. The number of nitrogens with one attached hydrogen (secondary N) is 1. The standard InChI is InChI=1S/C25H21F5N4O2/c1-12-16-4-3-13(24(35)32-10-17-19(27)6-14(26)7-20(17)28)5-23(16)34(25(36)33(12)2)11-18-21(29)8-15(31)9-22(18)30/h3-9,12H,10-11,31H2,1-2H3,(H,32,35)/t12-/m0/s1. The summed E-state index contributed by atoms with van der Waals surface area (Å²) in [7, 11) is 1.53. The van der Waals surface area contributed by atoms with Crippen LogP contribution in [0.3, 0.4) is 0 Å². The molecule has 3 N–H and O–H groups in total. The Hall–Kier alpha value is -4.15. The molecule has 0 aromatic heterocycles. The van der Waals surface area contributed by atoms with E-state index in [1.54, 1.807) is 13.0 Å². The van der Waals surface area contributed by atoms with Gasteiger partial charge in [0.2, 0.25) is 0 Å². The van der Waals surface area contributed by atoms with E-state index in [0.717, 1.165) is 17.0 Å². The number of rotatable bonds is 5. The summed E-state index contributed by atoms with van der Waals surface area (Å²) in [6.45, 7) is 0.716. The first-order chi connectivity index (χ1) is 17.0. The van der Waals surface area contributed by atoms with Crippen LogP contribution in [0.1, 0.15) is 40.0 Å². The molecule has 1 aliphatic rings. The second kappa shape index (κ2) is 9.48. The maximum atomic E-state index is 14.5. The zero-order valence-corrected chi connectivity index (χ0v) is 19.2. The third kappa shape index (κ3) is 4.56. The molecule has 3 aromatic rings. The first-order valence-electron chi connectivity index (χ1n) is 10.8. The fraction of sp³-hybridized carbons (Fsp3) is 0.200. The first kappa shape index (κ1) is 25.0. The Labute approximate surface area is 203 Å². The number of fused-ring (bicyclic) bond motifs is 1. The molecule has 188 valence electrons. The van der Waals surface area contributed by atoms with Crippen LogP contribution in [0, 0.1) is 29.1 Å². The minimum Gasteiger partial charge on any atom is -0.399 e. The van der Waals surface area contributed by atoms with E-state index >= 15 is 0 Å². The van der Waals surface area contributed by atoms with Crippen LogP contribution in [0.4, 0.5) is 38.1 Å². The highest BCUT2D eigenvalue weighted by Gasteiger charge is 2.34. The van der Waals surface area contributed by atoms with E-state index in [0.29, 0.717) is 17.7 Å². The number of hydrogen-bond donors (Lipinski definition) is 2. The van der Waals surface area contributed by atoms with E-state index in [4.69, 9.17) is 5.73 Å². The maximum absolute atomic E-state index is 14.5. The van der Waals surface area contributed by atoms with E-state index in [1.165, 1.54) is 24.1 Å². The molecule has 0 radical (unpaired) electrons. The van der Waals surface area contributed by atoms with E-state index in [1.807, 2.05) is 0 Å². The number of hydrogen-bond acceptors (Lipinski definition) is 3. The van der Waals surface area contributed by atoms with Gasteiger partial charge in [-0.1, -0.05) is 6.07 Å². The minimum atomic E-state index is -1.15. The summed E-state index contributed by atoms with van der Waals surface area (Å²) in [5.41, 5.74) is 5.34. The van der Waals surface area contributed by atoms with Gasteiger partial charge in [0.25, 0.3) is 5.91 Å². The van der Waals surface area contributed by atoms with Crippen LogP contribution in [0.15, 0.2) is 42.5 Å². The van der Waals surface area contributed by atoms with Gasteiger partial charge < -0.3 is 16.0 Å². The molecule has 4 rings (SSSR count). The van der Waals surface area contributed by atoms with E-state index in [2.05, 4.69) is 5.32 Å². The molecule has 0 unspecified atom stereocenters. The minimum absolute atomic E-state index is 0.0319. The Kier molecular flexibility index (Phi) is 6.57. The lowest BCUT2D eigenvalue weighted by molar-refractivity contribution is 0.0950. The van der Waals surface area contributed by atoms with Crippen molar-refractivity contribution in [2.75, 3.05) is 17.7 Å². The van der Waals surface area contributed by atoms with Crippen LogP contribution in [0.2, 0.25) is 0 Å². The Bertz CT molecular complexity index is 1330. The Morgan fingerprint density at radius 3 is 2.14 bits per heavy atom. The Balaban J connectivity index is 1.66. The van der Waals surface area contributed by atoms with Crippen LogP contribution >= 0.6 is 0 Å². The predicted octanol–water partition coefficient (Wildman–Crippen LogP) is 5.03. The molecule has 0 saturated carbocycles. The smallest absolute Gasteiger partial charge is 0.325 e. The lowest BCUT2D eigenvalue weighted by Gasteiger charge is -2.39. The van der Waals surface area contributed by atoms with Gasteiger partial charge in [-0.25, -0.2) is 26.7 Å².